The van der Waals surface area contributed by atoms with Crippen LogP contribution < -0.4 is 0 Å². The molecule has 3 rings (SSSR count). The zero-order valence-electron chi connectivity index (χ0n) is 9.65. The average molecular weight is 332 g/mol. The normalized spacial score (nSPS) is 17.8. The summed E-state index contributed by atoms with van der Waals surface area (Å²) in [6, 6.07) is 17.2. The maximum atomic E-state index is 2.52. The van der Waals surface area contributed by atoms with Crippen molar-refractivity contribution >= 4 is 28.7 Å². The van der Waals surface area contributed by atoms with Gasteiger partial charge in [-0.3, -0.25) is 0 Å². The van der Waals surface area contributed by atoms with Crippen molar-refractivity contribution in [3.05, 3.63) is 65.2 Å². The molecule has 0 radical (unpaired) electrons. The van der Waals surface area contributed by atoms with Crippen LogP contribution in [0.5, 0.6) is 0 Å². The molecule has 0 amide bonds. The largest absolute Gasteiger partial charge is 0.0725 e. The van der Waals surface area contributed by atoms with E-state index in [1.165, 1.54) is 27.8 Å². The summed E-state index contributed by atoms with van der Waals surface area (Å²) in [4.78, 5) is 0. The second-order valence-electron chi connectivity index (χ2n) is 4.43. The number of rotatable bonds is 1. The Morgan fingerprint density at radius 1 is 0.941 bits per heavy atom. The molecule has 2 aromatic rings. The number of fused-ring (bicyclic) bond motifs is 1. The van der Waals surface area contributed by atoms with Crippen LogP contribution in [0, 0.1) is 0 Å². The maximum absolute atomic E-state index is 2.52. The minimum Gasteiger partial charge on any atom is -0.0725 e. The van der Waals surface area contributed by atoms with Gasteiger partial charge in [-0.05, 0) is 29.2 Å². The molecule has 0 fully saturated rings. The number of alkyl halides is 1. The Morgan fingerprint density at radius 2 is 1.71 bits per heavy atom. The lowest BCUT2D eigenvalue weighted by atomic mass is 9.97. The first-order chi connectivity index (χ1) is 8.27. The molecule has 0 aliphatic heterocycles. The molecule has 0 nitrogen and oxygen atoms in total. The highest BCUT2D eigenvalue weighted by Gasteiger charge is 2.21. The van der Waals surface area contributed by atoms with Crippen LogP contribution in [0.2, 0.25) is 0 Å². The van der Waals surface area contributed by atoms with E-state index in [0.717, 1.165) is 0 Å². The minimum absolute atomic E-state index is 0.534. The average Bonchev–Trinajstić information content (AvgIpc) is 2.67. The molecule has 0 saturated heterocycles. The lowest BCUT2D eigenvalue weighted by molar-refractivity contribution is 1.20. The molecule has 0 spiro atoms. The number of hydrogen-bond acceptors (Lipinski definition) is 0. The van der Waals surface area contributed by atoms with E-state index in [9.17, 15) is 0 Å². The standard InChI is InChI=1S/C16H13I/c1-11-10-15-13(12-6-3-2-4-7-12)8-5-9-14(15)16(11)17/h2-10,16H,1H3. The van der Waals surface area contributed by atoms with Crippen molar-refractivity contribution < 1.29 is 0 Å². The Morgan fingerprint density at radius 3 is 2.47 bits per heavy atom. The van der Waals surface area contributed by atoms with Gasteiger partial charge in [0.15, 0.2) is 0 Å². The molecule has 0 bridgehead atoms. The zero-order valence-corrected chi connectivity index (χ0v) is 11.8. The Balaban J connectivity index is 2.22. The second kappa shape index (κ2) is 4.30. The molecule has 1 heteroatoms. The van der Waals surface area contributed by atoms with Crippen LogP contribution in [0.3, 0.4) is 0 Å². The topological polar surface area (TPSA) is 0 Å². The van der Waals surface area contributed by atoms with Crippen molar-refractivity contribution in [3.63, 3.8) is 0 Å². The first-order valence-corrected chi connectivity index (χ1v) is 7.02. The van der Waals surface area contributed by atoms with E-state index in [-0.39, 0.29) is 0 Å². The van der Waals surface area contributed by atoms with E-state index < -0.39 is 0 Å². The van der Waals surface area contributed by atoms with Crippen molar-refractivity contribution in [2.45, 2.75) is 10.8 Å². The van der Waals surface area contributed by atoms with Gasteiger partial charge in [-0.25, -0.2) is 0 Å². The first kappa shape index (κ1) is 11.0. The van der Waals surface area contributed by atoms with Gasteiger partial charge in [-0.2, -0.15) is 0 Å². The molecule has 17 heavy (non-hydrogen) atoms. The SMILES string of the molecule is CC1=Cc2c(-c3ccccc3)cccc2C1I. The summed E-state index contributed by atoms with van der Waals surface area (Å²) < 4.78 is 0.534. The molecule has 0 heterocycles. The fraction of sp³-hybridized carbons (Fsp3) is 0.125. The highest BCUT2D eigenvalue weighted by atomic mass is 127. The quantitative estimate of drug-likeness (QED) is 0.494. The van der Waals surface area contributed by atoms with E-state index in [4.69, 9.17) is 0 Å². The molecule has 2 aromatic carbocycles. The fourth-order valence-electron chi connectivity index (χ4n) is 2.38. The summed E-state index contributed by atoms with van der Waals surface area (Å²) in [6.45, 7) is 2.21. The predicted molar refractivity (Wildman–Crippen MR) is 82.3 cm³/mol. The van der Waals surface area contributed by atoms with Crippen LogP contribution in [-0.4, -0.2) is 0 Å². The zero-order chi connectivity index (χ0) is 11.8. The molecule has 1 atom stereocenters. The fourth-order valence-corrected chi connectivity index (χ4v) is 3.10. The van der Waals surface area contributed by atoms with E-state index in [0.29, 0.717) is 3.92 Å². The van der Waals surface area contributed by atoms with Gasteiger partial charge in [0.25, 0.3) is 0 Å². The summed E-state index contributed by atoms with van der Waals surface area (Å²) >= 11 is 2.52. The Labute approximate surface area is 116 Å². The summed E-state index contributed by atoms with van der Waals surface area (Å²) in [7, 11) is 0. The number of halogens is 1. The van der Waals surface area contributed by atoms with E-state index in [1.807, 2.05) is 0 Å². The number of benzene rings is 2. The maximum Gasteiger partial charge on any atom is 0.0575 e. The third-order valence-corrected chi connectivity index (χ3v) is 4.92. The van der Waals surface area contributed by atoms with Crippen molar-refractivity contribution in [1.29, 1.82) is 0 Å². The van der Waals surface area contributed by atoms with E-state index in [1.54, 1.807) is 0 Å². The van der Waals surface area contributed by atoms with Gasteiger partial charge in [0, 0.05) is 0 Å². The molecule has 1 aliphatic carbocycles. The van der Waals surface area contributed by atoms with Crippen molar-refractivity contribution in [2.24, 2.45) is 0 Å². The Bertz CT molecular complexity index is 582. The monoisotopic (exact) mass is 332 g/mol. The smallest absolute Gasteiger partial charge is 0.0575 e. The van der Waals surface area contributed by atoms with Gasteiger partial charge in [-0.15, -0.1) is 0 Å². The molecule has 0 N–H and O–H groups in total. The Kier molecular flexibility index (Phi) is 2.79. The summed E-state index contributed by atoms with van der Waals surface area (Å²) in [5, 5.41) is 0. The molecule has 1 aliphatic rings. The second-order valence-corrected chi connectivity index (χ2v) is 5.67. The van der Waals surface area contributed by atoms with E-state index >= 15 is 0 Å². The van der Waals surface area contributed by atoms with Crippen molar-refractivity contribution in [2.75, 3.05) is 0 Å². The highest BCUT2D eigenvalue weighted by Crippen LogP contribution is 2.44. The molecular formula is C16H13I. The van der Waals surface area contributed by atoms with Gasteiger partial charge >= 0.3 is 0 Å². The molecule has 84 valence electrons. The van der Waals surface area contributed by atoms with Crippen LogP contribution in [0.25, 0.3) is 17.2 Å². The van der Waals surface area contributed by atoms with Crippen LogP contribution in [0.1, 0.15) is 22.0 Å². The molecular weight excluding hydrogens is 319 g/mol. The number of hydrogen-bond donors (Lipinski definition) is 0. The van der Waals surface area contributed by atoms with Crippen LogP contribution >= 0.6 is 22.6 Å². The van der Waals surface area contributed by atoms with Gasteiger partial charge < -0.3 is 0 Å². The van der Waals surface area contributed by atoms with Crippen molar-refractivity contribution in [1.82, 2.24) is 0 Å². The molecule has 0 aromatic heterocycles. The summed E-state index contributed by atoms with van der Waals surface area (Å²) in [5.74, 6) is 0. The third-order valence-electron chi connectivity index (χ3n) is 3.27. The van der Waals surface area contributed by atoms with Gasteiger partial charge in [0.05, 0.1) is 3.92 Å². The van der Waals surface area contributed by atoms with Crippen LogP contribution in [0.15, 0.2) is 54.1 Å². The van der Waals surface area contributed by atoms with Gasteiger partial charge in [-0.1, -0.05) is 82.8 Å². The molecule has 1 unspecified atom stereocenters. The lowest BCUT2D eigenvalue weighted by Gasteiger charge is -2.09. The minimum atomic E-state index is 0.534. The summed E-state index contributed by atoms with van der Waals surface area (Å²) in [5.41, 5.74) is 6.95. The van der Waals surface area contributed by atoms with Gasteiger partial charge in [0.1, 0.15) is 0 Å². The lowest BCUT2D eigenvalue weighted by Crippen LogP contribution is -1.89. The Hall–Kier alpha value is -1.09. The predicted octanol–water partition coefficient (Wildman–Crippen LogP) is 5.25. The van der Waals surface area contributed by atoms with E-state index in [2.05, 4.69) is 84.1 Å². The van der Waals surface area contributed by atoms with Gasteiger partial charge in [0.2, 0.25) is 0 Å². The molecule has 0 saturated carbocycles. The first-order valence-electron chi connectivity index (χ1n) is 5.78. The third kappa shape index (κ3) is 1.82. The van der Waals surface area contributed by atoms with Crippen LogP contribution in [0.4, 0.5) is 0 Å². The highest BCUT2D eigenvalue weighted by molar-refractivity contribution is 14.1. The van der Waals surface area contributed by atoms with Crippen molar-refractivity contribution in [3.8, 4) is 11.1 Å². The summed E-state index contributed by atoms with van der Waals surface area (Å²) in [6.07, 6.45) is 2.33. The number of allylic oxidation sites excluding steroid dienone is 1. The van der Waals surface area contributed by atoms with Crippen LogP contribution in [-0.2, 0) is 0 Å².